The molecule has 27 heavy (non-hydrogen) atoms. The van der Waals surface area contributed by atoms with Crippen molar-refractivity contribution in [3.8, 4) is 11.5 Å². The molecule has 0 unspecified atom stereocenters. The minimum absolute atomic E-state index is 0.505. The van der Waals surface area contributed by atoms with Crippen LogP contribution in [0.1, 0.15) is 22.3 Å². The molecule has 0 spiro atoms. The van der Waals surface area contributed by atoms with E-state index in [4.69, 9.17) is 9.47 Å². The zero-order chi connectivity index (χ0) is 19.2. The van der Waals surface area contributed by atoms with Crippen LogP contribution in [0.15, 0.2) is 65.1 Å². The Morgan fingerprint density at radius 1 is 0.889 bits per heavy atom. The average Bonchev–Trinajstić information content (AvgIpc) is 2.67. The second-order valence-corrected chi connectivity index (χ2v) is 7.45. The minimum Gasteiger partial charge on any atom is -0.493 e. The number of ether oxygens (including phenoxy) is 2. The molecule has 0 aliphatic carbocycles. The summed E-state index contributed by atoms with van der Waals surface area (Å²) in [4.78, 5) is 0. The Morgan fingerprint density at radius 2 is 1.67 bits per heavy atom. The molecule has 3 aromatic carbocycles. The normalized spacial score (nSPS) is 10.5. The topological polar surface area (TPSA) is 30.5 Å². The Bertz CT molecular complexity index is 907. The van der Waals surface area contributed by atoms with Gasteiger partial charge in [0.05, 0.1) is 7.11 Å². The van der Waals surface area contributed by atoms with E-state index in [1.54, 1.807) is 7.11 Å². The highest BCUT2D eigenvalue weighted by atomic mass is 79.9. The summed E-state index contributed by atoms with van der Waals surface area (Å²) in [6, 6.07) is 20.7. The quantitative estimate of drug-likeness (QED) is 0.483. The fraction of sp³-hybridized carbons (Fsp3) is 0.217. The fourth-order valence-corrected chi connectivity index (χ4v) is 3.28. The van der Waals surface area contributed by atoms with Crippen LogP contribution in [0.2, 0.25) is 0 Å². The molecule has 0 saturated heterocycles. The molecule has 0 atom stereocenters. The molecular weight excluding hydrogens is 402 g/mol. The molecule has 3 aromatic rings. The molecule has 0 aromatic heterocycles. The van der Waals surface area contributed by atoms with Crippen molar-refractivity contribution in [3.63, 3.8) is 0 Å². The lowest BCUT2D eigenvalue weighted by atomic mass is 10.1. The standard InChI is InChI=1S/C23H24BrNO2/c1-16-7-9-20(10-8-16)25-14-19-12-22(26-3)23(13-21(19)24)27-15-18-6-4-5-17(2)11-18/h4-13,25H,14-15H2,1-3H3. The highest BCUT2D eigenvalue weighted by molar-refractivity contribution is 9.10. The van der Waals surface area contributed by atoms with Crippen molar-refractivity contribution in [1.29, 1.82) is 0 Å². The SMILES string of the molecule is COc1cc(CNc2ccc(C)cc2)c(Br)cc1OCc1cccc(C)c1. The maximum absolute atomic E-state index is 6.01. The molecule has 1 N–H and O–H groups in total. The van der Waals surface area contributed by atoms with Crippen molar-refractivity contribution in [1.82, 2.24) is 0 Å². The third-order valence-corrected chi connectivity index (χ3v) is 5.08. The summed E-state index contributed by atoms with van der Waals surface area (Å²) in [5, 5.41) is 3.44. The number of benzene rings is 3. The van der Waals surface area contributed by atoms with Gasteiger partial charge >= 0.3 is 0 Å². The predicted molar refractivity (Wildman–Crippen MR) is 115 cm³/mol. The van der Waals surface area contributed by atoms with Crippen molar-refractivity contribution in [2.24, 2.45) is 0 Å². The van der Waals surface area contributed by atoms with Gasteiger partial charge in [0, 0.05) is 16.7 Å². The third-order valence-electron chi connectivity index (χ3n) is 4.34. The molecule has 140 valence electrons. The lowest BCUT2D eigenvalue weighted by molar-refractivity contribution is 0.284. The second kappa shape index (κ2) is 8.96. The van der Waals surface area contributed by atoms with E-state index in [-0.39, 0.29) is 0 Å². The summed E-state index contributed by atoms with van der Waals surface area (Å²) in [5.41, 5.74) is 5.81. The van der Waals surface area contributed by atoms with Gasteiger partial charge in [0.2, 0.25) is 0 Å². The van der Waals surface area contributed by atoms with Gasteiger partial charge in [-0.3, -0.25) is 0 Å². The van der Waals surface area contributed by atoms with Crippen molar-refractivity contribution in [2.75, 3.05) is 12.4 Å². The van der Waals surface area contributed by atoms with E-state index < -0.39 is 0 Å². The molecule has 0 bridgehead atoms. The Hall–Kier alpha value is -2.46. The van der Waals surface area contributed by atoms with Crippen LogP contribution in [0.4, 0.5) is 5.69 Å². The highest BCUT2D eigenvalue weighted by Gasteiger charge is 2.11. The van der Waals surface area contributed by atoms with Gasteiger partial charge in [-0.25, -0.2) is 0 Å². The molecule has 3 rings (SSSR count). The Kier molecular flexibility index (Phi) is 6.40. The number of anilines is 1. The number of hydrogen-bond donors (Lipinski definition) is 1. The number of aryl methyl sites for hydroxylation is 2. The largest absolute Gasteiger partial charge is 0.493 e. The van der Waals surface area contributed by atoms with Crippen LogP contribution in [0.25, 0.3) is 0 Å². The van der Waals surface area contributed by atoms with Crippen LogP contribution < -0.4 is 14.8 Å². The maximum Gasteiger partial charge on any atom is 0.162 e. The average molecular weight is 426 g/mol. The first-order valence-corrected chi connectivity index (χ1v) is 9.70. The van der Waals surface area contributed by atoms with Gasteiger partial charge in [-0.05, 0) is 49.2 Å². The Labute approximate surface area is 169 Å². The van der Waals surface area contributed by atoms with Crippen LogP contribution in [0.5, 0.6) is 11.5 Å². The lowest BCUT2D eigenvalue weighted by Gasteiger charge is -2.15. The molecular formula is C23H24BrNO2. The summed E-state index contributed by atoms with van der Waals surface area (Å²) in [7, 11) is 1.67. The fourth-order valence-electron chi connectivity index (χ4n) is 2.82. The number of methoxy groups -OCH3 is 1. The Morgan fingerprint density at radius 3 is 2.37 bits per heavy atom. The number of halogens is 1. The summed E-state index contributed by atoms with van der Waals surface area (Å²) in [5.74, 6) is 1.46. The number of nitrogens with one attached hydrogen (secondary N) is 1. The van der Waals surface area contributed by atoms with Gasteiger partial charge in [-0.2, -0.15) is 0 Å². The zero-order valence-corrected chi connectivity index (χ0v) is 17.5. The molecule has 4 heteroatoms. The van der Waals surface area contributed by atoms with E-state index in [0.29, 0.717) is 13.2 Å². The van der Waals surface area contributed by atoms with E-state index >= 15 is 0 Å². The van der Waals surface area contributed by atoms with E-state index in [1.807, 2.05) is 18.2 Å². The predicted octanol–water partition coefficient (Wildman–Crippen LogP) is 6.27. The van der Waals surface area contributed by atoms with E-state index in [9.17, 15) is 0 Å². The smallest absolute Gasteiger partial charge is 0.162 e. The van der Waals surface area contributed by atoms with Crippen molar-refractivity contribution in [3.05, 3.63) is 87.4 Å². The monoisotopic (exact) mass is 425 g/mol. The first kappa shape index (κ1) is 19.3. The maximum atomic E-state index is 6.01. The summed E-state index contributed by atoms with van der Waals surface area (Å²) >= 11 is 3.66. The van der Waals surface area contributed by atoms with Crippen LogP contribution in [0.3, 0.4) is 0 Å². The number of rotatable bonds is 7. The first-order valence-electron chi connectivity index (χ1n) is 8.90. The van der Waals surface area contributed by atoms with Gasteiger partial charge in [0.25, 0.3) is 0 Å². The molecule has 0 radical (unpaired) electrons. The zero-order valence-electron chi connectivity index (χ0n) is 15.9. The van der Waals surface area contributed by atoms with Crippen molar-refractivity contribution in [2.45, 2.75) is 27.0 Å². The highest BCUT2D eigenvalue weighted by Crippen LogP contribution is 2.34. The summed E-state index contributed by atoms with van der Waals surface area (Å²) < 4.78 is 12.5. The third kappa shape index (κ3) is 5.27. The van der Waals surface area contributed by atoms with E-state index in [1.165, 1.54) is 11.1 Å². The van der Waals surface area contributed by atoms with Gasteiger partial charge in [-0.15, -0.1) is 0 Å². The van der Waals surface area contributed by atoms with Crippen LogP contribution in [0, 0.1) is 13.8 Å². The van der Waals surface area contributed by atoms with Crippen LogP contribution in [-0.4, -0.2) is 7.11 Å². The van der Waals surface area contributed by atoms with Crippen LogP contribution in [-0.2, 0) is 13.2 Å². The molecule has 0 heterocycles. The molecule has 0 aliphatic rings. The summed E-state index contributed by atoms with van der Waals surface area (Å²) in [6.07, 6.45) is 0. The second-order valence-electron chi connectivity index (χ2n) is 6.59. The molecule has 3 nitrogen and oxygen atoms in total. The van der Waals surface area contributed by atoms with E-state index in [0.717, 1.165) is 32.8 Å². The summed E-state index contributed by atoms with van der Waals surface area (Å²) in [6.45, 7) is 5.36. The number of hydrogen-bond acceptors (Lipinski definition) is 3. The molecule has 0 saturated carbocycles. The minimum atomic E-state index is 0.505. The van der Waals surface area contributed by atoms with E-state index in [2.05, 4.69) is 77.6 Å². The first-order chi connectivity index (χ1) is 13.0. The molecule has 0 fully saturated rings. The van der Waals surface area contributed by atoms with Gasteiger partial charge in [0.15, 0.2) is 11.5 Å². The Balaban J connectivity index is 1.71. The molecule has 0 amide bonds. The van der Waals surface area contributed by atoms with Gasteiger partial charge in [0.1, 0.15) is 6.61 Å². The lowest BCUT2D eigenvalue weighted by Crippen LogP contribution is -2.03. The van der Waals surface area contributed by atoms with Gasteiger partial charge in [-0.1, -0.05) is 63.5 Å². The van der Waals surface area contributed by atoms with Crippen LogP contribution >= 0.6 is 15.9 Å². The van der Waals surface area contributed by atoms with Crippen molar-refractivity contribution < 1.29 is 9.47 Å². The van der Waals surface area contributed by atoms with Crippen molar-refractivity contribution >= 4 is 21.6 Å². The molecule has 0 aliphatic heterocycles. The van der Waals surface area contributed by atoms with Gasteiger partial charge < -0.3 is 14.8 Å².